The van der Waals surface area contributed by atoms with E-state index in [0.29, 0.717) is 19.7 Å². The minimum absolute atomic E-state index is 0.615. The summed E-state index contributed by atoms with van der Waals surface area (Å²) in [6, 6.07) is 14.2. The molecule has 2 fully saturated rings. The number of aromatic nitrogens is 1. The second-order valence-electron chi connectivity index (χ2n) is 8.70. The van der Waals surface area contributed by atoms with Gasteiger partial charge in [0.1, 0.15) is 18.2 Å². The van der Waals surface area contributed by atoms with Crippen molar-refractivity contribution >= 4 is 5.82 Å². The van der Waals surface area contributed by atoms with Gasteiger partial charge in [0, 0.05) is 52.0 Å². The molecule has 31 heavy (non-hydrogen) atoms. The average molecular weight is 427 g/mol. The maximum Gasteiger partial charge on any atom is 0.128 e. The minimum atomic E-state index is -0.713. The Kier molecular flexibility index (Phi) is 7.40. The lowest BCUT2D eigenvalue weighted by molar-refractivity contribution is 0.0279. The van der Waals surface area contributed by atoms with E-state index < -0.39 is 5.60 Å². The standard InChI is InChI=1S/C24H34N4O3/c1-26(19-24(29)9-11-28(20-24)23-4-2-3-10-25-23)18-21-5-7-22(8-6-21)31-17-14-27-12-15-30-16-13-27/h2-8,10,29H,9,11-20H2,1H3/t24-/m1/s1. The van der Waals surface area contributed by atoms with Crippen LogP contribution in [0.3, 0.4) is 0 Å². The van der Waals surface area contributed by atoms with Gasteiger partial charge in [-0.3, -0.25) is 9.80 Å². The number of ether oxygens (including phenoxy) is 2. The largest absolute Gasteiger partial charge is 0.492 e. The average Bonchev–Trinajstić information content (AvgIpc) is 3.18. The highest BCUT2D eigenvalue weighted by atomic mass is 16.5. The van der Waals surface area contributed by atoms with Gasteiger partial charge in [-0.05, 0) is 43.3 Å². The second-order valence-corrected chi connectivity index (χ2v) is 8.70. The number of anilines is 1. The Labute approximate surface area is 185 Å². The van der Waals surface area contributed by atoms with Crippen molar-refractivity contribution in [1.82, 2.24) is 14.8 Å². The summed E-state index contributed by atoms with van der Waals surface area (Å²) in [4.78, 5) is 11.1. The highest BCUT2D eigenvalue weighted by Crippen LogP contribution is 2.26. The van der Waals surface area contributed by atoms with Crippen LogP contribution in [-0.4, -0.2) is 91.6 Å². The first-order valence-corrected chi connectivity index (χ1v) is 11.2. The van der Waals surface area contributed by atoms with Gasteiger partial charge in [-0.15, -0.1) is 0 Å². The predicted molar refractivity (Wildman–Crippen MR) is 122 cm³/mol. The smallest absolute Gasteiger partial charge is 0.128 e. The van der Waals surface area contributed by atoms with Crippen LogP contribution in [0.15, 0.2) is 48.7 Å². The molecule has 2 aliphatic rings. The van der Waals surface area contributed by atoms with Gasteiger partial charge in [0.05, 0.1) is 18.8 Å². The van der Waals surface area contributed by atoms with Crippen molar-refractivity contribution in [3.8, 4) is 5.75 Å². The van der Waals surface area contributed by atoms with Crippen molar-refractivity contribution in [3.63, 3.8) is 0 Å². The molecule has 168 valence electrons. The van der Waals surface area contributed by atoms with Crippen LogP contribution >= 0.6 is 0 Å². The van der Waals surface area contributed by atoms with Crippen LogP contribution in [0.4, 0.5) is 5.82 Å². The van der Waals surface area contributed by atoms with Crippen molar-refractivity contribution in [2.24, 2.45) is 0 Å². The lowest BCUT2D eigenvalue weighted by Gasteiger charge is -2.29. The zero-order valence-corrected chi connectivity index (χ0v) is 18.4. The summed E-state index contributed by atoms with van der Waals surface area (Å²) in [5.41, 5.74) is 0.501. The zero-order chi connectivity index (χ0) is 21.5. The topological polar surface area (TPSA) is 61.3 Å². The molecule has 0 saturated carbocycles. The van der Waals surface area contributed by atoms with E-state index in [1.165, 1.54) is 5.56 Å². The van der Waals surface area contributed by atoms with Gasteiger partial charge in [0.2, 0.25) is 0 Å². The van der Waals surface area contributed by atoms with Crippen molar-refractivity contribution in [3.05, 3.63) is 54.2 Å². The molecule has 2 saturated heterocycles. The van der Waals surface area contributed by atoms with Crippen LogP contribution in [0.5, 0.6) is 5.75 Å². The van der Waals surface area contributed by atoms with Crippen LogP contribution in [0.1, 0.15) is 12.0 Å². The van der Waals surface area contributed by atoms with E-state index in [9.17, 15) is 5.11 Å². The lowest BCUT2D eigenvalue weighted by atomic mass is 10.0. The van der Waals surface area contributed by atoms with Gasteiger partial charge in [0.25, 0.3) is 0 Å². The van der Waals surface area contributed by atoms with E-state index >= 15 is 0 Å². The predicted octanol–water partition coefficient (Wildman–Crippen LogP) is 1.87. The normalized spacial score (nSPS) is 22.2. The summed E-state index contributed by atoms with van der Waals surface area (Å²) in [6.45, 7) is 8.11. The molecule has 0 spiro atoms. The molecule has 0 aliphatic carbocycles. The highest BCUT2D eigenvalue weighted by Gasteiger charge is 2.37. The molecule has 2 aromatic rings. The maximum absolute atomic E-state index is 11.1. The third-order valence-corrected chi connectivity index (χ3v) is 6.03. The van der Waals surface area contributed by atoms with Crippen LogP contribution in [0.2, 0.25) is 0 Å². The molecule has 7 nitrogen and oxygen atoms in total. The fourth-order valence-corrected chi connectivity index (χ4v) is 4.40. The maximum atomic E-state index is 11.1. The summed E-state index contributed by atoms with van der Waals surface area (Å²) < 4.78 is 11.3. The van der Waals surface area contributed by atoms with Crippen LogP contribution in [0.25, 0.3) is 0 Å². The van der Waals surface area contributed by atoms with Crippen LogP contribution in [-0.2, 0) is 11.3 Å². The summed E-state index contributed by atoms with van der Waals surface area (Å²) in [6.07, 6.45) is 2.55. The Hall–Kier alpha value is -2.19. The Bertz CT molecular complexity index is 798. The molecule has 0 radical (unpaired) electrons. The Balaban J connectivity index is 1.21. The molecule has 0 amide bonds. The number of benzene rings is 1. The molecular formula is C24H34N4O3. The minimum Gasteiger partial charge on any atom is -0.492 e. The first-order valence-electron chi connectivity index (χ1n) is 11.2. The molecule has 3 heterocycles. The summed E-state index contributed by atoms with van der Waals surface area (Å²) in [7, 11) is 2.06. The molecule has 7 heteroatoms. The van der Waals surface area contributed by atoms with Crippen molar-refractivity contribution in [2.45, 2.75) is 18.6 Å². The van der Waals surface area contributed by atoms with Crippen LogP contribution in [0, 0.1) is 0 Å². The van der Waals surface area contributed by atoms with E-state index in [1.807, 2.05) is 30.3 Å². The SMILES string of the molecule is CN(Cc1ccc(OCCN2CCOCC2)cc1)C[C@]1(O)CCN(c2ccccn2)C1. The number of nitrogens with zero attached hydrogens (tertiary/aromatic N) is 4. The van der Waals surface area contributed by atoms with E-state index in [2.05, 4.69) is 38.9 Å². The number of pyridine rings is 1. The zero-order valence-electron chi connectivity index (χ0n) is 18.4. The fourth-order valence-electron chi connectivity index (χ4n) is 4.40. The van der Waals surface area contributed by atoms with Gasteiger partial charge in [-0.2, -0.15) is 0 Å². The molecule has 0 bridgehead atoms. The Morgan fingerprint density at radius 2 is 1.94 bits per heavy atom. The van der Waals surface area contributed by atoms with E-state index in [1.54, 1.807) is 6.20 Å². The number of hydrogen-bond acceptors (Lipinski definition) is 7. The van der Waals surface area contributed by atoms with Gasteiger partial charge >= 0.3 is 0 Å². The molecule has 0 unspecified atom stereocenters. The summed E-state index contributed by atoms with van der Waals surface area (Å²) in [5.74, 6) is 1.84. The molecule has 4 rings (SSSR count). The Morgan fingerprint density at radius 1 is 1.13 bits per heavy atom. The number of aliphatic hydroxyl groups is 1. The molecule has 1 atom stereocenters. The van der Waals surface area contributed by atoms with E-state index in [4.69, 9.17) is 9.47 Å². The number of rotatable bonds is 9. The van der Waals surface area contributed by atoms with Crippen molar-refractivity contribution in [2.75, 3.05) is 71.0 Å². The van der Waals surface area contributed by atoms with E-state index in [-0.39, 0.29) is 0 Å². The van der Waals surface area contributed by atoms with Gasteiger partial charge in [0.15, 0.2) is 0 Å². The monoisotopic (exact) mass is 426 g/mol. The van der Waals surface area contributed by atoms with Gasteiger partial charge in [-0.25, -0.2) is 4.98 Å². The van der Waals surface area contributed by atoms with Crippen LogP contribution < -0.4 is 9.64 Å². The molecule has 2 aliphatic heterocycles. The van der Waals surface area contributed by atoms with Gasteiger partial charge in [-0.1, -0.05) is 18.2 Å². The summed E-state index contributed by atoms with van der Waals surface area (Å²) in [5, 5.41) is 11.1. The fraction of sp³-hybridized carbons (Fsp3) is 0.542. The third-order valence-electron chi connectivity index (χ3n) is 6.03. The number of likely N-dealkylation sites (N-methyl/N-ethyl adjacent to an activating group) is 1. The first-order chi connectivity index (χ1) is 15.1. The highest BCUT2D eigenvalue weighted by molar-refractivity contribution is 5.40. The van der Waals surface area contributed by atoms with E-state index in [0.717, 1.165) is 63.9 Å². The molecule has 1 N–H and O–H groups in total. The number of hydrogen-bond donors (Lipinski definition) is 1. The number of morpholine rings is 1. The quantitative estimate of drug-likeness (QED) is 0.657. The van der Waals surface area contributed by atoms with Crippen molar-refractivity contribution in [1.29, 1.82) is 0 Å². The number of β-amino-alcohol motifs (C(OH)–C–C–N with tert-alkyl or cyclic N) is 1. The molecular weight excluding hydrogens is 392 g/mol. The second kappa shape index (κ2) is 10.4. The third kappa shape index (κ3) is 6.40. The molecule has 1 aromatic heterocycles. The van der Waals surface area contributed by atoms with Gasteiger partial charge < -0.3 is 19.5 Å². The molecule has 1 aromatic carbocycles. The van der Waals surface area contributed by atoms with Crippen molar-refractivity contribution < 1.29 is 14.6 Å². The summed E-state index contributed by atoms with van der Waals surface area (Å²) >= 11 is 0. The Morgan fingerprint density at radius 3 is 2.68 bits per heavy atom. The lowest BCUT2D eigenvalue weighted by Crippen LogP contribution is -2.43. The first kappa shape index (κ1) is 22.0.